The molecule has 1 unspecified atom stereocenters. The highest BCUT2D eigenvalue weighted by molar-refractivity contribution is 5.90. The maximum absolute atomic E-state index is 11.5. The summed E-state index contributed by atoms with van der Waals surface area (Å²) in [5, 5.41) is 14.7. The number of nitrogens with one attached hydrogen (secondary N) is 2. The lowest BCUT2D eigenvalue weighted by Crippen LogP contribution is -2.37. The Morgan fingerprint density at radius 3 is 2.94 bits per heavy atom. The fraction of sp³-hybridized carbons (Fsp3) is 0.364. The first kappa shape index (κ1) is 10.8. The van der Waals surface area contributed by atoms with Gasteiger partial charge in [0.1, 0.15) is 12.0 Å². The van der Waals surface area contributed by atoms with E-state index >= 15 is 0 Å². The number of hydrogen-bond donors (Lipinski definition) is 3. The van der Waals surface area contributed by atoms with Crippen LogP contribution >= 0.6 is 0 Å². The molecule has 0 radical (unpaired) electrons. The summed E-state index contributed by atoms with van der Waals surface area (Å²) in [6.07, 6.45) is 1.57. The molecule has 1 heterocycles. The smallest absolute Gasteiger partial charge is 0.321 e. The van der Waals surface area contributed by atoms with Crippen molar-refractivity contribution in [3.05, 3.63) is 24.3 Å². The number of anilines is 1. The standard InChI is InChI=1S/C11H14N2O3/c14-9-5-2-1-4-8(9)12-11(15)13-10-6-3-7-16-10/h1-2,4-5,10,14H,3,6-7H2,(H2,12,13,15). The Bertz CT molecular complexity index is 375. The van der Waals surface area contributed by atoms with Gasteiger partial charge in [0.05, 0.1) is 5.69 Å². The van der Waals surface area contributed by atoms with Crippen molar-refractivity contribution in [1.82, 2.24) is 5.32 Å². The normalized spacial score (nSPS) is 19.4. The minimum absolute atomic E-state index is 0.0463. The number of para-hydroxylation sites is 2. The molecule has 1 saturated heterocycles. The highest BCUT2D eigenvalue weighted by Crippen LogP contribution is 2.21. The molecule has 2 rings (SSSR count). The number of urea groups is 1. The molecule has 5 heteroatoms. The van der Waals surface area contributed by atoms with Crippen LogP contribution in [-0.2, 0) is 4.74 Å². The SMILES string of the molecule is O=C(Nc1ccccc1O)NC1CCCO1. The molecule has 0 bridgehead atoms. The predicted molar refractivity (Wildman–Crippen MR) is 59.2 cm³/mol. The van der Waals surface area contributed by atoms with Crippen LogP contribution in [0.5, 0.6) is 5.75 Å². The monoisotopic (exact) mass is 222 g/mol. The Hall–Kier alpha value is -1.75. The van der Waals surface area contributed by atoms with Gasteiger partial charge in [-0.05, 0) is 25.0 Å². The summed E-state index contributed by atoms with van der Waals surface area (Å²) in [5.41, 5.74) is 0.387. The van der Waals surface area contributed by atoms with Gasteiger partial charge in [0.2, 0.25) is 0 Å². The number of benzene rings is 1. The Kier molecular flexibility index (Phi) is 3.26. The minimum atomic E-state index is -0.367. The predicted octanol–water partition coefficient (Wildman–Crippen LogP) is 1.65. The summed E-state index contributed by atoms with van der Waals surface area (Å²) < 4.78 is 5.26. The first-order valence-corrected chi connectivity index (χ1v) is 5.23. The average Bonchev–Trinajstić information content (AvgIpc) is 2.74. The lowest BCUT2D eigenvalue weighted by molar-refractivity contribution is 0.0928. The van der Waals surface area contributed by atoms with E-state index in [1.54, 1.807) is 18.2 Å². The van der Waals surface area contributed by atoms with Crippen LogP contribution in [0.2, 0.25) is 0 Å². The van der Waals surface area contributed by atoms with Crippen LogP contribution in [0.3, 0.4) is 0 Å². The summed E-state index contributed by atoms with van der Waals surface area (Å²) in [6.45, 7) is 0.682. The van der Waals surface area contributed by atoms with E-state index < -0.39 is 0 Å². The second-order valence-corrected chi connectivity index (χ2v) is 3.62. The van der Waals surface area contributed by atoms with E-state index in [0.717, 1.165) is 12.8 Å². The molecule has 1 fully saturated rings. The molecule has 1 aliphatic heterocycles. The molecule has 3 N–H and O–H groups in total. The molecule has 1 aromatic rings. The average molecular weight is 222 g/mol. The number of hydrogen-bond acceptors (Lipinski definition) is 3. The van der Waals surface area contributed by atoms with Crippen LogP contribution < -0.4 is 10.6 Å². The van der Waals surface area contributed by atoms with Gasteiger partial charge in [-0.25, -0.2) is 4.79 Å². The highest BCUT2D eigenvalue weighted by Gasteiger charge is 2.17. The van der Waals surface area contributed by atoms with E-state index in [1.165, 1.54) is 6.07 Å². The van der Waals surface area contributed by atoms with E-state index in [2.05, 4.69) is 10.6 Å². The zero-order chi connectivity index (χ0) is 11.4. The van der Waals surface area contributed by atoms with Gasteiger partial charge in [0, 0.05) is 6.61 Å². The number of ether oxygens (including phenoxy) is 1. The molecule has 1 atom stereocenters. The molecule has 2 amide bonds. The number of aromatic hydroxyl groups is 1. The Balaban J connectivity index is 1.89. The third-order valence-corrected chi connectivity index (χ3v) is 2.37. The van der Waals surface area contributed by atoms with Crippen LogP contribution in [0.15, 0.2) is 24.3 Å². The van der Waals surface area contributed by atoms with E-state index in [4.69, 9.17) is 4.74 Å². The van der Waals surface area contributed by atoms with Gasteiger partial charge >= 0.3 is 6.03 Å². The Labute approximate surface area is 93.4 Å². The van der Waals surface area contributed by atoms with Gasteiger partial charge in [-0.15, -0.1) is 0 Å². The van der Waals surface area contributed by atoms with Crippen molar-refractivity contribution in [2.24, 2.45) is 0 Å². The molecule has 0 saturated carbocycles. The van der Waals surface area contributed by atoms with Crippen molar-refractivity contribution in [3.63, 3.8) is 0 Å². The number of carbonyl (C=O) groups is 1. The van der Waals surface area contributed by atoms with Crippen LogP contribution in [0, 0.1) is 0 Å². The maximum Gasteiger partial charge on any atom is 0.321 e. The summed E-state index contributed by atoms with van der Waals surface area (Å²) in [7, 11) is 0. The topological polar surface area (TPSA) is 70.6 Å². The molecule has 5 nitrogen and oxygen atoms in total. The number of rotatable bonds is 2. The molecule has 0 aromatic heterocycles. The molecule has 0 spiro atoms. The summed E-state index contributed by atoms with van der Waals surface area (Å²) in [6, 6.07) is 6.21. The number of amides is 2. The van der Waals surface area contributed by atoms with Crippen LogP contribution in [0.25, 0.3) is 0 Å². The Morgan fingerprint density at radius 1 is 1.44 bits per heavy atom. The van der Waals surface area contributed by atoms with E-state index in [0.29, 0.717) is 12.3 Å². The van der Waals surface area contributed by atoms with Gasteiger partial charge in [0.25, 0.3) is 0 Å². The first-order valence-electron chi connectivity index (χ1n) is 5.23. The van der Waals surface area contributed by atoms with E-state index in [1.807, 2.05) is 0 Å². The molecular formula is C11H14N2O3. The fourth-order valence-corrected chi connectivity index (χ4v) is 1.58. The second kappa shape index (κ2) is 4.85. The third-order valence-electron chi connectivity index (χ3n) is 2.37. The largest absolute Gasteiger partial charge is 0.506 e. The van der Waals surface area contributed by atoms with Gasteiger partial charge in [-0.2, -0.15) is 0 Å². The molecular weight excluding hydrogens is 208 g/mol. The van der Waals surface area contributed by atoms with Crippen LogP contribution in [0.4, 0.5) is 10.5 Å². The van der Waals surface area contributed by atoms with Crippen molar-refractivity contribution in [2.45, 2.75) is 19.1 Å². The zero-order valence-electron chi connectivity index (χ0n) is 8.77. The number of carbonyl (C=O) groups excluding carboxylic acids is 1. The minimum Gasteiger partial charge on any atom is -0.506 e. The lowest BCUT2D eigenvalue weighted by atomic mass is 10.3. The van der Waals surface area contributed by atoms with E-state index in [-0.39, 0.29) is 18.0 Å². The quantitative estimate of drug-likeness (QED) is 0.666. The van der Waals surface area contributed by atoms with Gasteiger partial charge in [0.15, 0.2) is 0 Å². The molecule has 1 aromatic carbocycles. The fourth-order valence-electron chi connectivity index (χ4n) is 1.58. The summed E-state index contributed by atoms with van der Waals surface area (Å²) >= 11 is 0. The summed E-state index contributed by atoms with van der Waals surface area (Å²) in [5.74, 6) is 0.0463. The lowest BCUT2D eigenvalue weighted by Gasteiger charge is -2.13. The highest BCUT2D eigenvalue weighted by atomic mass is 16.5. The maximum atomic E-state index is 11.5. The van der Waals surface area contributed by atoms with Crippen molar-refractivity contribution in [1.29, 1.82) is 0 Å². The Morgan fingerprint density at radius 2 is 2.25 bits per heavy atom. The molecule has 1 aliphatic rings. The molecule has 0 aliphatic carbocycles. The van der Waals surface area contributed by atoms with E-state index in [9.17, 15) is 9.90 Å². The third kappa shape index (κ3) is 2.64. The van der Waals surface area contributed by atoms with Crippen LogP contribution in [-0.4, -0.2) is 24.0 Å². The van der Waals surface area contributed by atoms with Crippen molar-refractivity contribution >= 4 is 11.7 Å². The number of phenolic OH excluding ortho intramolecular Hbond substituents is 1. The van der Waals surface area contributed by atoms with Crippen molar-refractivity contribution in [2.75, 3.05) is 11.9 Å². The number of phenols is 1. The van der Waals surface area contributed by atoms with Gasteiger partial charge < -0.3 is 20.5 Å². The molecule has 86 valence electrons. The zero-order valence-corrected chi connectivity index (χ0v) is 8.77. The molecule has 16 heavy (non-hydrogen) atoms. The van der Waals surface area contributed by atoms with Crippen molar-refractivity contribution < 1.29 is 14.6 Å². The first-order chi connectivity index (χ1) is 7.75. The van der Waals surface area contributed by atoms with Gasteiger partial charge in [-0.1, -0.05) is 12.1 Å². The van der Waals surface area contributed by atoms with Crippen LogP contribution in [0.1, 0.15) is 12.8 Å². The summed E-state index contributed by atoms with van der Waals surface area (Å²) in [4.78, 5) is 11.5. The van der Waals surface area contributed by atoms with Crippen molar-refractivity contribution in [3.8, 4) is 5.75 Å². The van der Waals surface area contributed by atoms with Gasteiger partial charge in [-0.3, -0.25) is 0 Å². The second-order valence-electron chi connectivity index (χ2n) is 3.62.